The Hall–Kier alpha value is -0.995. The number of hydrogen-bond acceptors (Lipinski definition) is 4. The Labute approximate surface area is 66.3 Å². The van der Waals surface area contributed by atoms with Crippen LogP contribution >= 0.6 is 0 Å². The van der Waals surface area contributed by atoms with Crippen LogP contribution in [-0.2, 0) is 19.1 Å². The molecule has 0 saturated heterocycles. The van der Waals surface area contributed by atoms with Crippen molar-refractivity contribution in [1.29, 1.82) is 0 Å². The fourth-order valence-corrected chi connectivity index (χ4v) is 0.618. The minimum atomic E-state index is -0.424. The van der Waals surface area contributed by atoms with Crippen LogP contribution in [0.3, 0.4) is 0 Å². The number of esters is 2. The van der Waals surface area contributed by atoms with Crippen LogP contribution in [0, 0.1) is 0 Å². The lowest BCUT2D eigenvalue weighted by atomic mass is 9.85. The third-order valence-electron chi connectivity index (χ3n) is 1.30. The van der Waals surface area contributed by atoms with Crippen molar-refractivity contribution in [3.05, 3.63) is 0 Å². The smallest absolute Gasteiger partial charge is 0.305 e. The third kappa shape index (κ3) is 3.65. The maximum atomic E-state index is 10.7. The maximum absolute atomic E-state index is 10.7. The fourth-order valence-electron chi connectivity index (χ4n) is 0.618. The minimum Gasteiger partial charge on any atom is -0.469 e. The average Bonchev–Trinajstić information content (AvgIpc) is 2.02. The second-order valence-corrected chi connectivity index (χ2v) is 2.20. The van der Waals surface area contributed by atoms with Crippen molar-refractivity contribution in [3.8, 4) is 0 Å². The lowest BCUT2D eigenvalue weighted by Crippen LogP contribution is -2.15. The van der Waals surface area contributed by atoms with Crippen molar-refractivity contribution in [3.63, 3.8) is 0 Å². The fraction of sp³-hybridized carbons (Fsp3) is 0.667. The molecule has 1 atom stereocenters. The Bertz CT molecular complexity index is 157. The van der Waals surface area contributed by atoms with E-state index in [1.54, 1.807) is 7.85 Å². The van der Waals surface area contributed by atoms with Crippen molar-refractivity contribution >= 4 is 19.8 Å². The van der Waals surface area contributed by atoms with Crippen molar-refractivity contribution in [2.45, 2.75) is 12.2 Å². The van der Waals surface area contributed by atoms with Crippen LogP contribution in [0.25, 0.3) is 0 Å². The van der Waals surface area contributed by atoms with Gasteiger partial charge in [-0.25, -0.2) is 0 Å². The van der Waals surface area contributed by atoms with Gasteiger partial charge in [0.15, 0.2) is 0 Å². The van der Waals surface area contributed by atoms with E-state index in [0.29, 0.717) is 0 Å². The lowest BCUT2D eigenvalue weighted by Gasteiger charge is -2.05. The highest BCUT2D eigenvalue weighted by Crippen LogP contribution is 2.07. The van der Waals surface area contributed by atoms with Gasteiger partial charge in [-0.3, -0.25) is 9.59 Å². The van der Waals surface area contributed by atoms with Gasteiger partial charge in [0, 0.05) is 5.82 Å². The minimum absolute atomic E-state index is 0.0726. The van der Waals surface area contributed by atoms with Gasteiger partial charge in [0.05, 0.1) is 20.6 Å². The van der Waals surface area contributed by atoms with Gasteiger partial charge in [-0.05, 0) is 0 Å². The highest BCUT2D eigenvalue weighted by atomic mass is 16.5. The molecule has 0 radical (unpaired) electrons. The van der Waals surface area contributed by atoms with Gasteiger partial charge in [-0.1, -0.05) is 0 Å². The molecule has 0 aliphatic heterocycles. The molecule has 1 unspecified atom stereocenters. The van der Waals surface area contributed by atoms with Gasteiger partial charge in [0.1, 0.15) is 7.85 Å². The van der Waals surface area contributed by atoms with E-state index in [1.165, 1.54) is 14.2 Å². The van der Waals surface area contributed by atoms with E-state index in [-0.39, 0.29) is 6.42 Å². The first-order chi connectivity index (χ1) is 5.11. The van der Waals surface area contributed by atoms with Gasteiger partial charge in [0.25, 0.3) is 0 Å². The Kier molecular flexibility index (Phi) is 4.33. The normalized spacial score (nSPS) is 11.8. The average molecular weight is 158 g/mol. The van der Waals surface area contributed by atoms with Gasteiger partial charge in [-0.2, -0.15) is 0 Å². The van der Waals surface area contributed by atoms with Crippen molar-refractivity contribution in [2.24, 2.45) is 0 Å². The molecule has 0 aromatic carbocycles. The van der Waals surface area contributed by atoms with Crippen LogP contribution in [-0.4, -0.2) is 34.0 Å². The van der Waals surface area contributed by atoms with E-state index in [9.17, 15) is 9.59 Å². The lowest BCUT2D eigenvalue weighted by molar-refractivity contribution is -0.147. The maximum Gasteiger partial charge on any atom is 0.305 e. The molecule has 4 nitrogen and oxygen atoms in total. The number of carbonyl (C=O) groups excluding carboxylic acids is 2. The van der Waals surface area contributed by atoms with Gasteiger partial charge < -0.3 is 9.47 Å². The standard InChI is InChI=1S/C6H11BO4/c1-10-5(8)3-4(7)6(9)11-2/h4H,3,7H2,1-2H3. The zero-order chi connectivity index (χ0) is 8.85. The molecule has 0 amide bonds. The second-order valence-electron chi connectivity index (χ2n) is 2.20. The monoisotopic (exact) mass is 158 g/mol. The Morgan fingerprint density at radius 1 is 1.36 bits per heavy atom. The van der Waals surface area contributed by atoms with E-state index in [0.717, 1.165) is 0 Å². The van der Waals surface area contributed by atoms with Crippen LogP contribution < -0.4 is 0 Å². The highest BCUT2D eigenvalue weighted by Gasteiger charge is 2.17. The summed E-state index contributed by atoms with van der Waals surface area (Å²) in [4.78, 5) is 21.3. The molecular weight excluding hydrogens is 147 g/mol. The van der Waals surface area contributed by atoms with Crippen molar-refractivity contribution in [1.82, 2.24) is 0 Å². The Morgan fingerprint density at radius 3 is 2.27 bits per heavy atom. The van der Waals surface area contributed by atoms with E-state index in [4.69, 9.17) is 0 Å². The predicted octanol–water partition coefficient (Wildman–Crippen LogP) is -0.856. The molecule has 0 aromatic rings. The van der Waals surface area contributed by atoms with Gasteiger partial charge in [-0.15, -0.1) is 0 Å². The zero-order valence-electron chi connectivity index (χ0n) is 6.92. The van der Waals surface area contributed by atoms with Gasteiger partial charge >= 0.3 is 11.9 Å². The zero-order valence-corrected chi connectivity index (χ0v) is 6.92. The van der Waals surface area contributed by atoms with E-state index >= 15 is 0 Å². The quantitative estimate of drug-likeness (QED) is 0.396. The predicted molar refractivity (Wildman–Crippen MR) is 40.9 cm³/mol. The molecule has 11 heavy (non-hydrogen) atoms. The van der Waals surface area contributed by atoms with Crippen LogP contribution in [0.2, 0.25) is 5.82 Å². The number of hydrogen-bond donors (Lipinski definition) is 0. The highest BCUT2D eigenvalue weighted by molar-refractivity contribution is 6.23. The Balaban J connectivity index is 3.77. The molecule has 0 rings (SSSR count). The first-order valence-corrected chi connectivity index (χ1v) is 3.26. The molecule has 0 saturated carbocycles. The molecule has 5 heteroatoms. The summed E-state index contributed by atoms with van der Waals surface area (Å²) in [6.07, 6.45) is 0.0726. The summed E-state index contributed by atoms with van der Waals surface area (Å²) in [5, 5.41) is 0. The summed E-state index contributed by atoms with van der Waals surface area (Å²) in [6.45, 7) is 0. The molecule has 0 aliphatic rings. The molecule has 0 aliphatic carbocycles. The first kappa shape index (κ1) is 10.0. The van der Waals surface area contributed by atoms with Crippen LogP contribution in [0.4, 0.5) is 0 Å². The van der Waals surface area contributed by atoms with Crippen LogP contribution in [0.5, 0.6) is 0 Å². The Morgan fingerprint density at radius 2 is 1.91 bits per heavy atom. The summed E-state index contributed by atoms with van der Waals surface area (Å²) in [7, 11) is 4.19. The largest absolute Gasteiger partial charge is 0.469 e. The van der Waals surface area contributed by atoms with Crippen molar-refractivity contribution in [2.75, 3.05) is 14.2 Å². The summed E-state index contributed by atoms with van der Waals surface area (Å²) < 4.78 is 8.78. The van der Waals surface area contributed by atoms with E-state index in [2.05, 4.69) is 9.47 Å². The van der Waals surface area contributed by atoms with Crippen LogP contribution in [0.15, 0.2) is 0 Å². The number of ether oxygens (including phenoxy) is 2. The molecule has 0 N–H and O–H groups in total. The SMILES string of the molecule is BC(CC(=O)OC)C(=O)OC. The third-order valence-corrected chi connectivity index (χ3v) is 1.30. The number of rotatable bonds is 3. The van der Waals surface area contributed by atoms with E-state index in [1.807, 2.05) is 0 Å². The van der Waals surface area contributed by atoms with Gasteiger partial charge in [0.2, 0.25) is 0 Å². The summed E-state index contributed by atoms with van der Waals surface area (Å²) in [5.74, 6) is -1.22. The van der Waals surface area contributed by atoms with Crippen molar-refractivity contribution < 1.29 is 19.1 Å². The molecule has 0 heterocycles. The number of carbonyl (C=O) groups is 2. The number of methoxy groups -OCH3 is 2. The molecular formula is C6H11BO4. The molecule has 0 spiro atoms. The molecule has 62 valence electrons. The molecule has 0 aromatic heterocycles. The molecule has 0 bridgehead atoms. The summed E-state index contributed by atoms with van der Waals surface area (Å²) >= 11 is 0. The summed E-state index contributed by atoms with van der Waals surface area (Å²) in [6, 6.07) is 0. The first-order valence-electron chi connectivity index (χ1n) is 3.26. The summed E-state index contributed by atoms with van der Waals surface area (Å²) in [5.41, 5.74) is 0. The topological polar surface area (TPSA) is 52.6 Å². The second kappa shape index (κ2) is 4.76. The van der Waals surface area contributed by atoms with Crippen LogP contribution in [0.1, 0.15) is 6.42 Å². The molecule has 0 fully saturated rings. The van der Waals surface area contributed by atoms with E-state index < -0.39 is 17.8 Å².